The van der Waals surface area contributed by atoms with Crippen molar-refractivity contribution in [3.63, 3.8) is 0 Å². The Bertz CT molecular complexity index is 165. The van der Waals surface area contributed by atoms with Crippen LogP contribution < -0.4 is 0 Å². The Hall–Kier alpha value is -0.700. The van der Waals surface area contributed by atoms with E-state index in [4.69, 9.17) is 5.11 Å². The minimum absolute atomic E-state index is 0.345. The van der Waals surface area contributed by atoms with Gasteiger partial charge in [0.2, 0.25) is 0 Å². The number of rotatable bonds is 5. The van der Waals surface area contributed by atoms with Gasteiger partial charge in [-0.15, -0.1) is 13.2 Å². The van der Waals surface area contributed by atoms with E-state index >= 15 is 0 Å². The summed E-state index contributed by atoms with van der Waals surface area (Å²) >= 11 is 4.03. The monoisotopic (exact) mass is 172 g/mol. The molecule has 0 aliphatic carbocycles. The fourth-order valence-corrected chi connectivity index (χ4v) is 0.994. The molecule has 0 atom stereocenters. The molecule has 0 heterocycles. The van der Waals surface area contributed by atoms with Gasteiger partial charge in [-0.1, -0.05) is 12.2 Å². The molecule has 0 spiro atoms. The third-order valence-electron chi connectivity index (χ3n) is 1.36. The van der Waals surface area contributed by atoms with Gasteiger partial charge in [0.1, 0.15) is 4.75 Å². The predicted octanol–water partition coefficient (Wildman–Crippen LogP) is 1.89. The predicted molar refractivity (Wildman–Crippen MR) is 49.0 cm³/mol. The maximum absolute atomic E-state index is 10.6. The third kappa shape index (κ3) is 2.80. The molecule has 0 bridgehead atoms. The highest BCUT2D eigenvalue weighted by atomic mass is 32.1. The summed E-state index contributed by atoms with van der Waals surface area (Å²) in [6, 6.07) is 0. The summed E-state index contributed by atoms with van der Waals surface area (Å²) in [7, 11) is 0. The summed E-state index contributed by atoms with van der Waals surface area (Å²) in [6.07, 6.45) is 3.78. The molecule has 0 saturated heterocycles. The van der Waals surface area contributed by atoms with Crippen molar-refractivity contribution < 1.29 is 9.90 Å². The molecule has 0 aliphatic heterocycles. The van der Waals surface area contributed by atoms with Crippen molar-refractivity contribution in [3.05, 3.63) is 25.3 Å². The van der Waals surface area contributed by atoms with Crippen LogP contribution in [0.3, 0.4) is 0 Å². The number of thiol groups is 1. The molecule has 0 amide bonds. The lowest BCUT2D eigenvalue weighted by atomic mass is 10.0. The SMILES string of the molecule is C=CCC(S)(CC=C)C(=O)O. The normalized spacial score (nSPS) is 10.6. The van der Waals surface area contributed by atoms with Crippen LogP contribution in [0.25, 0.3) is 0 Å². The molecule has 62 valence electrons. The van der Waals surface area contributed by atoms with Gasteiger partial charge in [-0.2, -0.15) is 12.6 Å². The highest BCUT2D eigenvalue weighted by Gasteiger charge is 2.31. The summed E-state index contributed by atoms with van der Waals surface area (Å²) in [4.78, 5) is 10.6. The van der Waals surface area contributed by atoms with E-state index in [2.05, 4.69) is 25.8 Å². The van der Waals surface area contributed by atoms with Crippen molar-refractivity contribution in [1.29, 1.82) is 0 Å². The molecule has 0 radical (unpaired) electrons. The molecule has 0 aliphatic rings. The van der Waals surface area contributed by atoms with Gasteiger partial charge in [0.15, 0.2) is 0 Å². The Morgan fingerprint density at radius 3 is 2.00 bits per heavy atom. The first kappa shape index (κ1) is 10.3. The smallest absolute Gasteiger partial charge is 0.320 e. The topological polar surface area (TPSA) is 37.3 Å². The molecule has 0 saturated carbocycles. The molecular formula is C8H12O2S. The van der Waals surface area contributed by atoms with Gasteiger partial charge in [0.05, 0.1) is 0 Å². The summed E-state index contributed by atoms with van der Waals surface area (Å²) in [5.74, 6) is -0.930. The fraction of sp³-hybridized carbons (Fsp3) is 0.375. The average Bonchev–Trinajstić information content (AvgIpc) is 1.88. The van der Waals surface area contributed by atoms with E-state index in [0.29, 0.717) is 12.8 Å². The molecule has 11 heavy (non-hydrogen) atoms. The van der Waals surface area contributed by atoms with Gasteiger partial charge in [-0.3, -0.25) is 4.79 Å². The minimum atomic E-state index is -1.02. The summed E-state index contributed by atoms with van der Waals surface area (Å²) in [5.41, 5.74) is 0. The van der Waals surface area contributed by atoms with Crippen LogP contribution in [-0.4, -0.2) is 15.8 Å². The van der Waals surface area contributed by atoms with E-state index in [9.17, 15) is 4.79 Å². The molecule has 1 N–H and O–H groups in total. The zero-order valence-electron chi connectivity index (χ0n) is 6.29. The second kappa shape index (κ2) is 4.23. The fourth-order valence-electron chi connectivity index (χ4n) is 0.736. The lowest BCUT2D eigenvalue weighted by molar-refractivity contribution is -0.139. The van der Waals surface area contributed by atoms with Crippen LogP contribution >= 0.6 is 12.6 Å². The lowest BCUT2D eigenvalue weighted by Gasteiger charge is -2.19. The minimum Gasteiger partial charge on any atom is -0.480 e. The van der Waals surface area contributed by atoms with E-state index < -0.39 is 10.7 Å². The quantitative estimate of drug-likeness (QED) is 0.491. The Kier molecular flexibility index (Phi) is 3.97. The van der Waals surface area contributed by atoms with Crippen molar-refractivity contribution in [2.45, 2.75) is 17.6 Å². The van der Waals surface area contributed by atoms with Gasteiger partial charge in [-0.25, -0.2) is 0 Å². The van der Waals surface area contributed by atoms with E-state index in [-0.39, 0.29) is 0 Å². The van der Waals surface area contributed by atoms with Crippen molar-refractivity contribution in [3.8, 4) is 0 Å². The molecular weight excluding hydrogens is 160 g/mol. The zero-order valence-corrected chi connectivity index (χ0v) is 7.18. The molecule has 3 heteroatoms. The van der Waals surface area contributed by atoms with Crippen molar-refractivity contribution in [1.82, 2.24) is 0 Å². The standard InChI is InChI=1S/C8H12O2S/c1-3-5-8(11,6-4-2)7(9)10/h3-4,11H,1-2,5-6H2,(H,9,10). The number of carboxylic acid groups (broad SMARTS) is 1. The van der Waals surface area contributed by atoms with Crippen LogP contribution in [0.5, 0.6) is 0 Å². The van der Waals surface area contributed by atoms with Gasteiger partial charge < -0.3 is 5.11 Å². The highest BCUT2D eigenvalue weighted by Crippen LogP contribution is 2.24. The van der Waals surface area contributed by atoms with Crippen LogP contribution in [-0.2, 0) is 4.79 Å². The maximum Gasteiger partial charge on any atom is 0.320 e. The number of hydrogen-bond acceptors (Lipinski definition) is 2. The van der Waals surface area contributed by atoms with Gasteiger partial charge >= 0.3 is 5.97 Å². The number of allylic oxidation sites excluding steroid dienone is 2. The third-order valence-corrected chi connectivity index (χ3v) is 1.92. The maximum atomic E-state index is 10.6. The molecule has 0 aromatic carbocycles. The molecule has 2 nitrogen and oxygen atoms in total. The largest absolute Gasteiger partial charge is 0.480 e. The highest BCUT2D eigenvalue weighted by molar-refractivity contribution is 7.82. The first-order chi connectivity index (χ1) is 5.06. The first-order valence-electron chi connectivity index (χ1n) is 3.24. The first-order valence-corrected chi connectivity index (χ1v) is 3.69. The molecule has 0 aromatic heterocycles. The van der Waals surface area contributed by atoms with Gasteiger partial charge in [0, 0.05) is 0 Å². The Morgan fingerprint density at radius 2 is 1.82 bits per heavy atom. The van der Waals surface area contributed by atoms with Crippen LogP contribution in [0.15, 0.2) is 25.3 Å². The molecule has 0 fully saturated rings. The van der Waals surface area contributed by atoms with Crippen molar-refractivity contribution in [2.75, 3.05) is 0 Å². The summed E-state index contributed by atoms with van der Waals surface area (Å²) in [6.45, 7) is 6.93. The van der Waals surface area contributed by atoms with Crippen molar-refractivity contribution in [2.24, 2.45) is 0 Å². The van der Waals surface area contributed by atoms with Crippen LogP contribution in [0.4, 0.5) is 0 Å². The second-order valence-electron chi connectivity index (χ2n) is 2.32. The van der Waals surface area contributed by atoms with E-state index in [0.717, 1.165) is 0 Å². The summed E-state index contributed by atoms with van der Waals surface area (Å²) in [5, 5.41) is 8.72. The van der Waals surface area contributed by atoms with Crippen molar-refractivity contribution >= 4 is 18.6 Å². The number of carbonyl (C=O) groups is 1. The zero-order chi connectivity index (χ0) is 8.91. The van der Waals surface area contributed by atoms with E-state index in [1.165, 1.54) is 0 Å². The number of hydrogen-bond donors (Lipinski definition) is 2. The van der Waals surface area contributed by atoms with Crippen LogP contribution in [0, 0.1) is 0 Å². The molecule has 0 aromatic rings. The molecule has 0 rings (SSSR count). The Morgan fingerprint density at radius 1 is 1.45 bits per heavy atom. The van der Waals surface area contributed by atoms with Gasteiger partial charge in [0.25, 0.3) is 0 Å². The Labute approximate surface area is 72.0 Å². The second-order valence-corrected chi connectivity index (χ2v) is 3.18. The van der Waals surface area contributed by atoms with Gasteiger partial charge in [-0.05, 0) is 12.8 Å². The number of carboxylic acids is 1. The Balaban J connectivity index is 4.35. The lowest BCUT2D eigenvalue weighted by Crippen LogP contribution is -2.31. The van der Waals surface area contributed by atoms with Crippen LogP contribution in [0.1, 0.15) is 12.8 Å². The van der Waals surface area contributed by atoms with Crippen LogP contribution in [0.2, 0.25) is 0 Å². The average molecular weight is 172 g/mol. The van der Waals surface area contributed by atoms with E-state index in [1.807, 2.05) is 0 Å². The summed E-state index contributed by atoms with van der Waals surface area (Å²) < 4.78 is -1.02. The van der Waals surface area contributed by atoms with E-state index in [1.54, 1.807) is 12.2 Å². The number of aliphatic carboxylic acids is 1. The molecule has 0 unspecified atom stereocenters.